The molecule has 0 saturated carbocycles. The lowest BCUT2D eigenvalue weighted by molar-refractivity contribution is 0.384. The molecule has 2 rings (SSSR count). The molecule has 13 heavy (non-hydrogen) atoms. The van der Waals surface area contributed by atoms with Crippen LogP contribution in [0.4, 0.5) is 0 Å². The van der Waals surface area contributed by atoms with E-state index < -0.39 is 0 Å². The van der Waals surface area contributed by atoms with Crippen molar-refractivity contribution in [3.05, 3.63) is 47.1 Å². The van der Waals surface area contributed by atoms with E-state index in [1.807, 2.05) is 30.3 Å². The van der Waals surface area contributed by atoms with E-state index in [-0.39, 0.29) is 5.28 Å². The molecule has 0 amide bonds. The highest BCUT2D eigenvalue weighted by Crippen LogP contribution is 2.08. The third-order valence-corrected chi connectivity index (χ3v) is 1.80. The lowest BCUT2D eigenvalue weighted by Gasteiger charge is -1.93. The van der Waals surface area contributed by atoms with Crippen LogP contribution < -0.4 is 0 Å². The van der Waals surface area contributed by atoms with Crippen molar-refractivity contribution in [2.24, 2.45) is 0 Å². The zero-order valence-electron chi connectivity index (χ0n) is 6.77. The van der Waals surface area contributed by atoms with Gasteiger partial charge in [-0.2, -0.15) is 4.98 Å². The van der Waals surface area contributed by atoms with Crippen LogP contribution in [0.5, 0.6) is 0 Å². The van der Waals surface area contributed by atoms with Gasteiger partial charge in [-0.15, -0.1) is 0 Å². The van der Waals surface area contributed by atoms with E-state index in [1.54, 1.807) is 0 Å². The molecule has 0 aliphatic carbocycles. The molecule has 0 radical (unpaired) electrons. The Kier molecular flexibility index (Phi) is 2.27. The second kappa shape index (κ2) is 3.58. The first-order valence-corrected chi connectivity index (χ1v) is 4.24. The van der Waals surface area contributed by atoms with Gasteiger partial charge in [0.25, 0.3) is 5.28 Å². The monoisotopic (exact) mass is 194 g/mol. The van der Waals surface area contributed by atoms with Gasteiger partial charge < -0.3 is 4.52 Å². The Balaban J connectivity index is 2.15. The summed E-state index contributed by atoms with van der Waals surface area (Å²) in [5.74, 6) is 0.538. The molecule has 1 aromatic carbocycles. The number of nitrogens with zero attached hydrogens (tertiary/aromatic N) is 2. The summed E-state index contributed by atoms with van der Waals surface area (Å²) >= 11 is 5.51. The minimum absolute atomic E-state index is 0.158. The van der Waals surface area contributed by atoms with Gasteiger partial charge in [-0.05, 0) is 22.3 Å². The van der Waals surface area contributed by atoms with Gasteiger partial charge in [-0.1, -0.05) is 30.3 Å². The largest absolute Gasteiger partial charge is 0.338 e. The fourth-order valence-electron chi connectivity index (χ4n) is 1.08. The molecule has 0 bridgehead atoms. The quantitative estimate of drug-likeness (QED) is 0.737. The third kappa shape index (κ3) is 2.06. The summed E-state index contributed by atoms with van der Waals surface area (Å²) in [6, 6.07) is 9.89. The van der Waals surface area contributed by atoms with Crippen LogP contribution in [-0.4, -0.2) is 10.1 Å². The first-order valence-electron chi connectivity index (χ1n) is 3.86. The first kappa shape index (κ1) is 8.26. The summed E-state index contributed by atoms with van der Waals surface area (Å²) < 4.78 is 4.88. The Bertz CT molecular complexity index is 386. The van der Waals surface area contributed by atoms with Gasteiger partial charge in [0.15, 0.2) is 0 Å². The van der Waals surface area contributed by atoms with Crippen molar-refractivity contribution in [2.75, 3.05) is 0 Å². The van der Waals surface area contributed by atoms with Crippen molar-refractivity contribution in [1.29, 1.82) is 0 Å². The van der Waals surface area contributed by atoms with Crippen molar-refractivity contribution < 1.29 is 4.52 Å². The van der Waals surface area contributed by atoms with Gasteiger partial charge in [0.2, 0.25) is 5.89 Å². The average Bonchev–Trinajstić information content (AvgIpc) is 2.53. The molecule has 3 nitrogen and oxygen atoms in total. The van der Waals surface area contributed by atoms with E-state index in [4.69, 9.17) is 16.1 Å². The third-order valence-electron chi connectivity index (χ3n) is 1.64. The maximum Gasteiger partial charge on any atom is 0.263 e. The van der Waals surface area contributed by atoms with Crippen molar-refractivity contribution >= 4 is 11.6 Å². The zero-order chi connectivity index (χ0) is 9.10. The van der Waals surface area contributed by atoms with Crippen molar-refractivity contribution in [3.8, 4) is 0 Å². The number of hydrogen-bond acceptors (Lipinski definition) is 3. The first-order chi connectivity index (χ1) is 6.34. The molecule has 1 aromatic heterocycles. The summed E-state index contributed by atoms with van der Waals surface area (Å²) in [7, 11) is 0. The van der Waals surface area contributed by atoms with Crippen LogP contribution >= 0.6 is 11.6 Å². The summed E-state index contributed by atoms with van der Waals surface area (Å²) in [5, 5.41) is 3.65. The van der Waals surface area contributed by atoms with E-state index >= 15 is 0 Å². The highest BCUT2D eigenvalue weighted by molar-refractivity contribution is 6.28. The van der Waals surface area contributed by atoms with Gasteiger partial charge in [-0.25, -0.2) is 0 Å². The second-order valence-corrected chi connectivity index (χ2v) is 2.96. The van der Waals surface area contributed by atoms with Gasteiger partial charge in [0.1, 0.15) is 0 Å². The Morgan fingerprint density at radius 1 is 1.23 bits per heavy atom. The zero-order valence-corrected chi connectivity index (χ0v) is 7.53. The lowest BCUT2D eigenvalue weighted by atomic mass is 10.2. The SMILES string of the molecule is Clc1noc(Cc2ccccc2)n1. The molecular formula is C9H7ClN2O. The fourth-order valence-corrected chi connectivity index (χ4v) is 1.21. The maximum absolute atomic E-state index is 5.51. The van der Waals surface area contributed by atoms with Crippen LogP contribution in [0.3, 0.4) is 0 Å². The molecule has 66 valence electrons. The van der Waals surface area contributed by atoms with Crippen LogP contribution in [0.1, 0.15) is 11.5 Å². The van der Waals surface area contributed by atoms with Crippen molar-refractivity contribution in [1.82, 2.24) is 10.1 Å². The molecule has 4 heteroatoms. The molecule has 1 heterocycles. The van der Waals surface area contributed by atoms with Gasteiger partial charge in [-0.3, -0.25) is 0 Å². The Labute approximate surface area is 80.3 Å². The van der Waals surface area contributed by atoms with Crippen molar-refractivity contribution in [3.63, 3.8) is 0 Å². The van der Waals surface area contributed by atoms with Crippen LogP contribution in [0.2, 0.25) is 5.28 Å². The molecule has 0 aliphatic heterocycles. The molecule has 0 fully saturated rings. The van der Waals surface area contributed by atoms with Gasteiger partial charge in [0.05, 0.1) is 6.42 Å². The Morgan fingerprint density at radius 3 is 2.62 bits per heavy atom. The van der Waals surface area contributed by atoms with E-state index in [0.29, 0.717) is 12.3 Å². The summed E-state index contributed by atoms with van der Waals surface area (Å²) in [4.78, 5) is 3.89. The molecule has 0 N–H and O–H groups in total. The molecular weight excluding hydrogens is 188 g/mol. The smallest absolute Gasteiger partial charge is 0.263 e. The van der Waals surface area contributed by atoms with Gasteiger partial charge >= 0.3 is 0 Å². The van der Waals surface area contributed by atoms with Gasteiger partial charge in [0, 0.05) is 0 Å². The number of hydrogen-bond donors (Lipinski definition) is 0. The van der Waals surface area contributed by atoms with Crippen LogP contribution in [0.15, 0.2) is 34.9 Å². The highest BCUT2D eigenvalue weighted by atomic mass is 35.5. The summed E-state index contributed by atoms with van der Waals surface area (Å²) in [6.07, 6.45) is 0.626. The molecule has 0 saturated heterocycles. The molecule has 0 unspecified atom stereocenters. The number of halogens is 1. The van der Waals surface area contributed by atoms with E-state index in [2.05, 4.69) is 10.1 Å². The lowest BCUT2D eigenvalue weighted by Crippen LogP contribution is -1.86. The van der Waals surface area contributed by atoms with E-state index in [0.717, 1.165) is 5.56 Å². The second-order valence-electron chi connectivity index (χ2n) is 2.62. The standard InChI is InChI=1S/C9H7ClN2O/c10-9-11-8(13-12-9)6-7-4-2-1-3-5-7/h1-5H,6H2. The van der Waals surface area contributed by atoms with Crippen LogP contribution in [0, 0.1) is 0 Å². The van der Waals surface area contributed by atoms with E-state index in [9.17, 15) is 0 Å². The Morgan fingerprint density at radius 2 is 2.00 bits per heavy atom. The normalized spacial score (nSPS) is 10.2. The predicted octanol–water partition coefficient (Wildman–Crippen LogP) is 2.31. The summed E-state index contributed by atoms with van der Waals surface area (Å²) in [6.45, 7) is 0. The predicted molar refractivity (Wildman–Crippen MR) is 48.6 cm³/mol. The molecule has 0 atom stereocenters. The minimum Gasteiger partial charge on any atom is -0.338 e. The van der Waals surface area contributed by atoms with E-state index in [1.165, 1.54) is 0 Å². The number of rotatable bonds is 2. The molecule has 0 aliphatic rings. The number of aromatic nitrogens is 2. The maximum atomic E-state index is 5.51. The van der Waals surface area contributed by atoms with Crippen molar-refractivity contribution in [2.45, 2.75) is 6.42 Å². The molecule has 2 aromatic rings. The molecule has 0 spiro atoms. The average molecular weight is 195 g/mol. The van der Waals surface area contributed by atoms with Crippen LogP contribution in [-0.2, 0) is 6.42 Å². The Hall–Kier alpha value is -1.35. The minimum atomic E-state index is 0.158. The highest BCUT2D eigenvalue weighted by Gasteiger charge is 2.03. The summed E-state index contributed by atoms with van der Waals surface area (Å²) in [5.41, 5.74) is 1.13. The van der Waals surface area contributed by atoms with Crippen LogP contribution in [0.25, 0.3) is 0 Å². The number of benzene rings is 1. The fraction of sp³-hybridized carbons (Fsp3) is 0.111. The topological polar surface area (TPSA) is 38.9 Å².